The summed E-state index contributed by atoms with van der Waals surface area (Å²) in [7, 11) is 0. The largest absolute Gasteiger partial charge is 0.479 e. The van der Waals surface area contributed by atoms with E-state index in [9.17, 15) is 9.59 Å². The summed E-state index contributed by atoms with van der Waals surface area (Å²) in [6, 6.07) is 1.75. The molecule has 0 aliphatic carbocycles. The van der Waals surface area contributed by atoms with Gasteiger partial charge in [-0.1, -0.05) is 0 Å². The van der Waals surface area contributed by atoms with E-state index in [0.717, 1.165) is 10.4 Å². The fourth-order valence-electron chi connectivity index (χ4n) is 1.84. The zero-order chi connectivity index (χ0) is 13.8. The van der Waals surface area contributed by atoms with Crippen LogP contribution in [0.5, 0.6) is 0 Å². The number of morpholine rings is 1. The smallest absolute Gasteiger partial charge is 0.334 e. The van der Waals surface area contributed by atoms with Gasteiger partial charge in [0.1, 0.15) is 0 Å². The molecule has 0 spiro atoms. The second-order valence-corrected chi connectivity index (χ2v) is 5.33. The molecule has 1 fully saturated rings. The van der Waals surface area contributed by atoms with Crippen molar-refractivity contribution in [3.05, 3.63) is 21.9 Å². The van der Waals surface area contributed by atoms with Gasteiger partial charge in [-0.05, 0) is 23.9 Å². The third-order valence-corrected chi connectivity index (χ3v) is 4.02. The highest BCUT2D eigenvalue weighted by molar-refractivity contribution is 7.10. The van der Waals surface area contributed by atoms with Crippen LogP contribution in [0.2, 0.25) is 0 Å². The molecule has 1 atom stereocenters. The molecule has 2 N–H and O–H groups in total. The molecule has 1 saturated heterocycles. The molecule has 6 nitrogen and oxygen atoms in total. The summed E-state index contributed by atoms with van der Waals surface area (Å²) in [5.74, 6) is -1.04. The number of carboxylic acids is 1. The van der Waals surface area contributed by atoms with Crippen molar-refractivity contribution in [1.82, 2.24) is 10.2 Å². The van der Waals surface area contributed by atoms with Gasteiger partial charge < -0.3 is 20.1 Å². The molecule has 19 heavy (non-hydrogen) atoms. The lowest BCUT2D eigenvalue weighted by molar-refractivity contribution is -0.154. The Morgan fingerprint density at radius 1 is 1.63 bits per heavy atom. The molecule has 0 saturated carbocycles. The first-order valence-corrected chi connectivity index (χ1v) is 6.86. The first-order chi connectivity index (χ1) is 9.08. The van der Waals surface area contributed by atoms with Gasteiger partial charge in [0.25, 0.3) is 0 Å². The lowest BCUT2D eigenvalue weighted by Crippen LogP contribution is -2.51. The zero-order valence-corrected chi connectivity index (χ0v) is 11.4. The van der Waals surface area contributed by atoms with Crippen LogP contribution in [0, 0.1) is 6.92 Å². The number of nitrogens with zero attached hydrogens (tertiary/aromatic N) is 1. The number of amides is 2. The van der Waals surface area contributed by atoms with Gasteiger partial charge in [0.2, 0.25) is 0 Å². The predicted octanol–water partition coefficient (Wildman–Crippen LogP) is 1.05. The Hall–Kier alpha value is -1.60. The molecule has 0 radical (unpaired) electrons. The van der Waals surface area contributed by atoms with Gasteiger partial charge in [-0.25, -0.2) is 9.59 Å². The number of nitrogens with one attached hydrogen (secondary N) is 1. The molecule has 104 valence electrons. The van der Waals surface area contributed by atoms with E-state index < -0.39 is 12.1 Å². The third kappa shape index (κ3) is 3.45. The van der Waals surface area contributed by atoms with Crippen molar-refractivity contribution in [1.29, 1.82) is 0 Å². The molecule has 2 heterocycles. The highest BCUT2D eigenvalue weighted by atomic mass is 32.1. The van der Waals surface area contributed by atoms with Crippen LogP contribution in [-0.2, 0) is 16.1 Å². The Morgan fingerprint density at radius 3 is 3.05 bits per heavy atom. The number of aliphatic carboxylic acids is 1. The number of ether oxygens (including phenoxy) is 1. The Morgan fingerprint density at radius 2 is 2.42 bits per heavy atom. The molecule has 7 heteroatoms. The van der Waals surface area contributed by atoms with Crippen LogP contribution in [0.4, 0.5) is 4.79 Å². The number of thiophene rings is 1. The molecule has 1 aromatic heterocycles. The van der Waals surface area contributed by atoms with Crippen LogP contribution in [-0.4, -0.2) is 47.8 Å². The summed E-state index contributed by atoms with van der Waals surface area (Å²) < 4.78 is 5.07. The first-order valence-electron chi connectivity index (χ1n) is 5.98. The second-order valence-electron chi connectivity index (χ2n) is 4.33. The van der Waals surface area contributed by atoms with Crippen molar-refractivity contribution in [3.8, 4) is 0 Å². The van der Waals surface area contributed by atoms with Crippen molar-refractivity contribution < 1.29 is 19.4 Å². The molecule has 0 bridgehead atoms. The van der Waals surface area contributed by atoms with Gasteiger partial charge in [-0.3, -0.25) is 0 Å². The van der Waals surface area contributed by atoms with Crippen LogP contribution in [0.25, 0.3) is 0 Å². The van der Waals surface area contributed by atoms with Gasteiger partial charge in [0.05, 0.1) is 19.7 Å². The minimum Gasteiger partial charge on any atom is -0.479 e. The highest BCUT2D eigenvalue weighted by Crippen LogP contribution is 2.15. The fraction of sp³-hybridized carbons (Fsp3) is 0.500. The minimum absolute atomic E-state index is 0.0879. The monoisotopic (exact) mass is 284 g/mol. The van der Waals surface area contributed by atoms with Gasteiger partial charge in [-0.15, -0.1) is 11.3 Å². The summed E-state index contributed by atoms with van der Waals surface area (Å²) in [6.07, 6.45) is -0.928. The van der Waals surface area contributed by atoms with Crippen LogP contribution in [0.15, 0.2) is 11.4 Å². The number of carbonyl (C=O) groups is 2. The first kappa shape index (κ1) is 13.8. The Bertz CT molecular complexity index is 474. The van der Waals surface area contributed by atoms with Crippen LogP contribution in [0.3, 0.4) is 0 Å². The molecule has 1 aliphatic heterocycles. The van der Waals surface area contributed by atoms with E-state index in [0.29, 0.717) is 13.1 Å². The predicted molar refractivity (Wildman–Crippen MR) is 70.2 cm³/mol. The van der Waals surface area contributed by atoms with E-state index in [1.54, 1.807) is 11.3 Å². The van der Waals surface area contributed by atoms with Crippen molar-refractivity contribution in [2.75, 3.05) is 19.7 Å². The average Bonchev–Trinajstić information content (AvgIpc) is 2.81. The highest BCUT2D eigenvalue weighted by Gasteiger charge is 2.28. The van der Waals surface area contributed by atoms with Gasteiger partial charge in [0, 0.05) is 11.4 Å². The van der Waals surface area contributed by atoms with E-state index in [1.165, 1.54) is 4.90 Å². The molecule has 1 unspecified atom stereocenters. The molecule has 1 aromatic rings. The minimum atomic E-state index is -1.04. The molecular weight excluding hydrogens is 268 g/mol. The maximum atomic E-state index is 11.9. The fourth-order valence-corrected chi connectivity index (χ4v) is 2.68. The average molecular weight is 284 g/mol. The SMILES string of the molecule is Cc1ccsc1CNC(=O)N1CCOC(C(=O)O)C1. The summed E-state index contributed by atoms with van der Waals surface area (Å²) in [6.45, 7) is 3.22. The number of hydrogen-bond donors (Lipinski definition) is 2. The van der Waals surface area contributed by atoms with E-state index in [1.807, 2.05) is 18.4 Å². The molecule has 2 rings (SSSR count). The van der Waals surface area contributed by atoms with Crippen LogP contribution in [0.1, 0.15) is 10.4 Å². The van der Waals surface area contributed by atoms with E-state index >= 15 is 0 Å². The third-order valence-electron chi connectivity index (χ3n) is 3.00. The van der Waals surface area contributed by atoms with Crippen LogP contribution < -0.4 is 5.32 Å². The number of rotatable bonds is 3. The molecule has 1 aliphatic rings. The van der Waals surface area contributed by atoms with Crippen molar-refractivity contribution >= 4 is 23.3 Å². The zero-order valence-electron chi connectivity index (χ0n) is 10.6. The summed E-state index contributed by atoms with van der Waals surface area (Å²) in [5, 5.41) is 13.7. The topological polar surface area (TPSA) is 78.9 Å². The summed E-state index contributed by atoms with van der Waals surface area (Å²) >= 11 is 1.59. The van der Waals surface area contributed by atoms with E-state index in [2.05, 4.69) is 5.32 Å². The number of carbonyl (C=O) groups excluding carboxylic acids is 1. The quantitative estimate of drug-likeness (QED) is 0.869. The van der Waals surface area contributed by atoms with Crippen molar-refractivity contribution in [3.63, 3.8) is 0 Å². The Balaban J connectivity index is 1.86. The van der Waals surface area contributed by atoms with Gasteiger partial charge in [0.15, 0.2) is 6.10 Å². The maximum Gasteiger partial charge on any atom is 0.334 e. The Labute approximate surface area is 115 Å². The number of aryl methyl sites for hydroxylation is 1. The van der Waals surface area contributed by atoms with E-state index in [4.69, 9.17) is 9.84 Å². The lowest BCUT2D eigenvalue weighted by Gasteiger charge is -2.30. The molecular formula is C12H16N2O4S. The summed E-state index contributed by atoms with van der Waals surface area (Å²) in [5.41, 5.74) is 1.15. The summed E-state index contributed by atoms with van der Waals surface area (Å²) in [4.78, 5) is 25.4. The number of carboxylic acid groups (broad SMARTS) is 1. The maximum absolute atomic E-state index is 11.9. The normalized spacial score (nSPS) is 19.2. The molecule has 0 aromatic carbocycles. The second kappa shape index (κ2) is 6.03. The van der Waals surface area contributed by atoms with Gasteiger partial charge >= 0.3 is 12.0 Å². The van der Waals surface area contributed by atoms with Crippen LogP contribution >= 0.6 is 11.3 Å². The lowest BCUT2D eigenvalue weighted by atomic mass is 10.3. The number of urea groups is 1. The van der Waals surface area contributed by atoms with Gasteiger partial charge in [-0.2, -0.15) is 0 Å². The standard InChI is InChI=1S/C12H16N2O4S/c1-8-2-5-19-10(8)6-13-12(17)14-3-4-18-9(7-14)11(15)16/h2,5,9H,3-4,6-7H2,1H3,(H,13,17)(H,15,16). The molecule has 2 amide bonds. The van der Waals surface area contributed by atoms with Crippen molar-refractivity contribution in [2.24, 2.45) is 0 Å². The Kier molecular flexibility index (Phi) is 4.39. The van der Waals surface area contributed by atoms with E-state index in [-0.39, 0.29) is 19.2 Å². The van der Waals surface area contributed by atoms with Crippen molar-refractivity contribution in [2.45, 2.75) is 19.6 Å². The number of hydrogen-bond acceptors (Lipinski definition) is 4.